The second kappa shape index (κ2) is 17.0. The number of rotatable bonds is 18. The highest BCUT2D eigenvalue weighted by atomic mass is 16.4. The molecule has 0 spiro atoms. The van der Waals surface area contributed by atoms with Gasteiger partial charge in [0.15, 0.2) is 0 Å². The van der Waals surface area contributed by atoms with Gasteiger partial charge in [-0.05, 0) is 78.4 Å². The van der Waals surface area contributed by atoms with Crippen molar-refractivity contribution in [2.24, 2.45) is 5.92 Å². The third kappa shape index (κ3) is 12.9. The second-order valence-corrected chi connectivity index (χ2v) is 13.6. The van der Waals surface area contributed by atoms with Gasteiger partial charge in [-0.15, -0.1) is 0 Å². The quantitative estimate of drug-likeness (QED) is 0.147. The molecule has 0 bridgehead atoms. The van der Waals surface area contributed by atoms with Gasteiger partial charge in [0.2, 0.25) is 0 Å². The van der Waals surface area contributed by atoms with Crippen LogP contribution >= 0.6 is 0 Å². The molecule has 3 heteroatoms. The Morgan fingerprint density at radius 2 is 1.24 bits per heavy atom. The SMILES string of the molecule is CCCCCCCC/C=C\CCCCCC(CCC(C)C(=O)O)c1cc(C(C)(C)C)c(O)c(C(C)(C)C)c1. The van der Waals surface area contributed by atoms with Crippen molar-refractivity contribution in [3.8, 4) is 5.75 Å². The number of hydrogen-bond donors (Lipinski definition) is 2. The largest absolute Gasteiger partial charge is 0.507 e. The fourth-order valence-electron chi connectivity index (χ4n) is 5.20. The Labute approximate surface area is 235 Å². The number of carbonyl (C=O) groups is 1. The van der Waals surface area contributed by atoms with Gasteiger partial charge >= 0.3 is 5.97 Å². The zero-order chi connectivity index (χ0) is 28.8. The molecule has 0 saturated carbocycles. The second-order valence-electron chi connectivity index (χ2n) is 13.6. The van der Waals surface area contributed by atoms with E-state index in [0.717, 1.165) is 36.8 Å². The molecular formula is C35H60O3. The van der Waals surface area contributed by atoms with Crippen LogP contribution in [0.5, 0.6) is 5.75 Å². The lowest BCUT2D eigenvalue weighted by atomic mass is 9.75. The first-order valence-corrected chi connectivity index (χ1v) is 15.5. The average molecular weight is 529 g/mol. The van der Waals surface area contributed by atoms with E-state index in [4.69, 9.17) is 0 Å². The number of aliphatic carboxylic acids is 1. The predicted molar refractivity (Wildman–Crippen MR) is 164 cm³/mol. The summed E-state index contributed by atoms with van der Waals surface area (Å²) in [5.41, 5.74) is 2.91. The summed E-state index contributed by atoms with van der Waals surface area (Å²) in [6.45, 7) is 17.0. The van der Waals surface area contributed by atoms with Crippen molar-refractivity contribution in [1.29, 1.82) is 0 Å². The van der Waals surface area contributed by atoms with Crippen molar-refractivity contribution in [2.45, 2.75) is 162 Å². The molecule has 3 nitrogen and oxygen atoms in total. The Hall–Kier alpha value is -1.77. The number of unbranched alkanes of at least 4 members (excludes halogenated alkanes) is 9. The smallest absolute Gasteiger partial charge is 0.306 e. The van der Waals surface area contributed by atoms with Gasteiger partial charge in [0.05, 0.1) is 5.92 Å². The number of hydrogen-bond acceptors (Lipinski definition) is 2. The van der Waals surface area contributed by atoms with Crippen molar-refractivity contribution >= 4 is 5.97 Å². The molecule has 1 aromatic carbocycles. The third-order valence-electron chi connectivity index (χ3n) is 7.90. The molecule has 2 atom stereocenters. The number of carboxylic acid groups (broad SMARTS) is 1. The number of phenols is 1. The van der Waals surface area contributed by atoms with Crippen molar-refractivity contribution in [3.63, 3.8) is 0 Å². The molecule has 1 rings (SSSR count). The first-order chi connectivity index (χ1) is 17.8. The van der Waals surface area contributed by atoms with E-state index in [0.29, 0.717) is 18.1 Å². The molecule has 38 heavy (non-hydrogen) atoms. The summed E-state index contributed by atoms with van der Waals surface area (Å²) >= 11 is 0. The molecule has 0 aromatic heterocycles. The van der Waals surface area contributed by atoms with E-state index in [1.54, 1.807) is 0 Å². The maximum atomic E-state index is 11.5. The Morgan fingerprint density at radius 1 is 0.763 bits per heavy atom. The standard InChI is InChI=1S/C35H60O3/c1-9-10-11-12-13-14-15-16-17-18-19-20-21-22-28(24-23-27(2)33(37)38)29-25-30(34(3,4)5)32(36)31(26-29)35(6,7)8/h16-17,25-28,36H,9-15,18-24H2,1-8H3,(H,37,38)/b17-16-. The molecule has 0 fully saturated rings. The third-order valence-corrected chi connectivity index (χ3v) is 7.90. The number of allylic oxidation sites excluding steroid dienone is 2. The van der Waals surface area contributed by atoms with Crippen molar-refractivity contribution < 1.29 is 15.0 Å². The van der Waals surface area contributed by atoms with Gasteiger partial charge in [-0.1, -0.05) is 125 Å². The lowest BCUT2D eigenvalue weighted by Gasteiger charge is -2.30. The van der Waals surface area contributed by atoms with Crippen LogP contribution in [0.15, 0.2) is 24.3 Å². The number of phenolic OH excluding ortho intramolecular Hbond substituents is 1. The van der Waals surface area contributed by atoms with Crippen LogP contribution in [0.2, 0.25) is 0 Å². The highest BCUT2D eigenvalue weighted by Gasteiger charge is 2.28. The van der Waals surface area contributed by atoms with Crippen LogP contribution in [0.3, 0.4) is 0 Å². The van der Waals surface area contributed by atoms with E-state index in [2.05, 4.69) is 72.8 Å². The van der Waals surface area contributed by atoms with Gasteiger partial charge in [-0.25, -0.2) is 0 Å². The summed E-state index contributed by atoms with van der Waals surface area (Å²) in [4.78, 5) is 11.5. The minimum Gasteiger partial charge on any atom is -0.507 e. The lowest BCUT2D eigenvalue weighted by Crippen LogP contribution is -2.19. The van der Waals surface area contributed by atoms with Crippen molar-refractivity contribution in [1.82, 2.24) is 0 Å². The van der Waals surface area contributed by atoms with Crippen LogP contribution in [0, 0.1) is 5.92 Å². The first-order valence-electron chi connectivity index (χ1n) is 15.5. The minimum absolute atomic E-state index is 0.166. The summed E-state index contributed by atoms with van der Waals surface area (Å²) < 4.78 is 0. The van der Waals surface area contributed by atoms with Gasteiger partial charge in [0, 0.05) is 0 Å². The van der Waals surface area contributed by atoms with E-state index in [1.807, 2.05) is 6.92 Å². The molecule has 0 aliphatic rings. The molecule has 0 aliphatic carbocycles. The molecule has 0 saturated heterocycles. The molecule has 218 valence electrons. The average Bonchev–Trinajstić information content (AvgIpc) is 2.82. The molecule has 2 N–H and O–H groups in total. The molecular weight excluding hydrogens is 468 g/mol. The van der Waals surface area contributed by atoms with Gasteiger partial charge < -0.3 is 10.2 Å². The molecule has 0 heterocycles. The van der Waals surface area contributed by atoms with Crippen molar-refractivity contribution in [2.75, 3.05) is 0 Å². The van der Waals surface area contributed by atoms with Crippen LogP contribution < -0.4 is 0 Å². The Bertz CT molecular complexity index is 803. The molecule has 0 aliphatic heterocycles. The van der Waals surface area contributed by atoms with Crippen molar-refractivity contribution in [3.05, 3.63) is 41.0 Å². The van der Waals surface area contributed by atoms with E-state index in [9.17, 15) is 15.0 Å². The van der Waals surface area contributed by atoms with Gasteiger partial charge in [-0.2, -0.15) is 0 Å². The molecule has 0 amide bonds. The van der Waals surface area contributed by atoms with Gasteiger partial charge in [0.25, 0.3) is 0 Å². The van der Waals surface area contributed by atoms with Crippen LogP contribution in [-0.2, 0) is 15.6 Å². The minimum atomic E-state index is -0.715. The van der Waals surface area contributed by atoms with Gasteiger partial charge in [-0.3, -0.25) is 4.79 Å². The topological polar surface area (TPSA) is 57.5 Å². The molecule has 1 aromatic rings. The normalized spacial score (nSPS) is 14.2. The summed E-state index contributed by atoms with van der Waals surface area (Å²) in [6, 6.07) is 4.40. The summed E-state index contributed by atoms with van der Waals surface area (Å²) in [5.74, 6) is -0.328. The zero-order valence-electron chi connectivity index (χ0n) is 26.2. The summed E-state index contributed by atoms with van der Waals surface area (Å²) in [5, 5.41) is 20.6. The Morgan fingerprint density at radius 3 is 1.71 bits per heavy atom. The summed E-state index contributed by atoms with van der Waals surface area (Å²) in [6.07, 6.45) is 21.4. The number of carboxylic acids is 1. The summed E-state index contributed by atoms with van der Waals surface area (Å²) in [7, 11) is 0. The number of aromatic hydroxyl groups is 1. The zero-order valence-corrected chi connectivity index (χ0v) is 26.2. The van der Waals surface area contributed by atoms with Crippen LogP contribution in [0.4, 0.5) is 0 Å². The van der Waals surface area contributed by atoms with Gasteiger partial charge in [0.1, 0.15) is 5.75 Å². The lowest BCUT2D eigenvalue weighted by molar-refractivity contribution is -0.141. The molecule has 2 unspecified atom stereocenters. The predicted octanol–water partition coefficient (Wildman–Crippen LogP) is 10.8. The van der Waals surface area contributed by atoms with Crippen LogP contribution in [0.1, 0.15) is 168 Å². The fraction of sp³-hybridized carbons (Fsp3) is 0.743. The first kappa shape index (κ1) is 34.3. The van der Waals surface area contributed by atoms with E-state index in [-0.39, 0.29) is 16.7 Å². The number of benzene rings is 1. The Kier molecular flexibility index (Phi) is 15.4. The van der Waals surface area contributed by atoms with E-state index >= 15 is 0 Å². The van der Waals surface area contributed by atoms with Crippen LogP contribution in [0.25, 0.3) is 0 Å². The van der Waals surface area contributed by atoms with E-state index < -0.39 is 5.97 Å². The highest BCUT2D eigenvalue weighted by molar-refractivity contribution is 5.69. The highest BCUT2D eigenvalue weighted by Crippen LogP contribution is 2.42. The maximum Gasteiger partial charge on any atom is 0.306 e. The fourth-order valence-corrected chi connectivity index (χ4v) is 5.20. The van der Waals surface area contributed by atoms with E-state index in [1.165, 1.54) is 63.4 Å². The monoisotopic (exact) mass is 528 g/mol. The maximum absolute atomic E-state index is 11.5. The van der Waals surface area contributed by atoms with Crippen LogP contribution in [-0.4, -0.2) is 16.2 Å². The molecule has 0 radical (unpaired) electrons. The Balaban J connectivity index is 2.81.